The third-order valence-electron chi connectivity index (χ3n) is 4.22. The van der Waals surface area contributed by atoms with E-state index in [0.717, 1.165) is 23.1 Å². The SMILES string of the molecule is CCc1ccc(C(=O)OCC(=O)Nc2ccccc2-c2ccccc2)cc1. The van der Waals surface area contributed by atoms with Crippen molar-refractivity contribution in [2.75, 3.05) is 11.9 Å². The molecule has 0 spiro atoms. The monoisotopic (exact) mass is 359 g/mol. The summed E-state index contributed by atoms with van der Waals surface area (Å²) in [5.74, 6) is -0.888. The molecule has 0 aliphatic rings. The molecule has 3 aromatic rings. The Morgan fingerprint density at radius 2 is 1.52 bits per heavy atom. The van der Waals surface area contributed by atoms with Crippen LogP contribution < -0.4 is 5.32 Å². The van der Waals surface area contributed by atoms with E-state index < -0.39 is 5.97 Å². The number of nitrogens with one attached hydrogen (secondary N) is 1. The number of amides is 1. The summed E-state index contributed by atoms with van der Waals surface area (Å²) < 4.78 is 5.13. The lowest BCUT2D eigenvalue weighted by Crippen LogP contribution is -2.21. The molecular formula is C23H21NO3. The first-order valence-electron chi connectivity index (χ1n) is 8.87. The van der Waals surface area contributed by atoms with Crippen LogP contribution in [0.15, 0.2) is 78.9 Å². The Balaban J connectivity index is 1.62. The highest BCUT2D eigenvalue weighted by atomic mass is 16.5. The van der Waals surface area contributed by atoms with Crippen molar-refractivity contribution in [1.29, 1.82) is 0 Å². The molecule has 0 heterocycles. The molecule has 0 radical (unpaired) electrons. The lowest BCUT2D eigenvalue weighted by Gasteiger charge is -2.11. The number of ether oxygens (including phenoxy) is 1. The first-order chi connectivity index (χ1) is 13.2. The van der Waals surface area contributed by atoms with E-state index in [4.69, 9.17) is 4.74 Å². The second-order valence-electron chi connectivity index (χ2n) is 6.09. The minimum Gasteiger partial charge on any atom is -0.452 e. The molecule has 3 aromatic carbocycles. The van der Waals surface area contributed by atoms with Crippen LogP contribution in [0, 0.1) is 0 Å². The van der Waals surface area contributed by atoms with E-state index in [-0.39, 0.29) is 12.5 Å². The minimum atomic E-state index is -0.510. The lowest BCUT2D eigenvalue weighted by molar-refractivity contribution is -0.119. The van der Waals surface area contributed by atoms with Gasteiger partial charge in [0.2, 0.25) is 0 Å². The van der Waals surface area contributed by atoms with Crippen LogP contribution in [0.4, 0.5) is 5.69 Å². The fraction of sp³-hybridized carbons (Fsp3) is 0.130. The van der Waals surface area contributed by atoms with Crippen molar-refractivity contribution in [3.05, 3.63) is 90.0 Å². The lowest BCUT2D eigenvalue weighted by atomic mass is 10.0. The van der Waals surface area contributed by atoms with Crippen LogP contribution in [0.25, 0.3) is 11.1 Å². The van der Waals surface area contributed by atoms with Gasteiger partial charge in [0.25, 0.3) is 5.91 Å². The molecule has 0 atom stereocenters. The van der Waals surface area contributed by atoms with Gasteiger partial charge >= 0.3 is 5.97 Å². The van der Waals surface area contributed by atoms with Crippen molar-refractivity contribution in [3.63, 3.8) is 0 Å². The molecule has 3 rings (SSSR count). The third kappa shape index (κ3) is 4.82. The number of aryl methyl sites for hydroxylation is 1. The van der Waals surface area contributed by atoms with Crippen molar-refractivity contribution >= 4 is 17.6 Å². The Labute approximate surface area is 158 Å². The highest BCUT2D eigenvalue weighted by Crippen LogP contribution is 2.27. The van der Waals surface area contributed by atoms with E-state index in [1.54, 1.807) is 12.1 Å². The van der Waals surface area contributed by atoms with Gasteiger partial charge in [-0.25, -0.2) is 4.79 Å². The van der Waals surface area contributed by atoms with Crippen LogP contribution in [-0.4, -0.2) is 18.5 Å². The number of carbonyl (C=O) groups excluding carboxylic acids is 2. The molecule has 0 aliphatic carbocycles. The molecule has 0 unspecified atom stereocenters. The normalized spacial score (nSPS) is 10.3. The molecule has 1 amide bonds. The van der Waals surface area contributed by atoms with Gasteiger partial charge in [0.05, 0.1) is 5.56 Å². The van der Waals surface area contributed by atoms with Gasteiger partial charge in [-0.15, -0.1) is 0 Å². The average molecular weight is 359 g/mol. The van der Waals surface area contributed by atoms with Gasteiger partial charge in [-0.05, 0) is 35.7 Å². The summed E-state index contributed by atoms with van der Waals surface area (Å²) in [7, 11) is 0. The first kappa shape index (κ1) is 18.4. The molecule has 0 aromatic heterocycles. The third-order valence-corrected chi connectivity index (χ3v) is 4.22. The highest BCUT2D eigenvalue weighted by Gasteiger charge is 2.12. The van der Waals surface area contributed by atoms with Gasteiger partial charge in [-0.1, -0.05) is 67.6 Å². The van der Waals surface area contributed by atoms with Gasteiger partial charge in [0, 0.05) is 11.3 Å². The quantitative estimate of drug-likeness (QED) is 0.649. The predicted molar refractivity (Wildman–Crippen MR) is 107 cm³/mol. The van der Waals surface area contributed by atoms with Crippen molar-refractivity contribution in [3.8, 4) is 11.1 Å². The summed E-state index contributed by atoms with van der Waals surface area (Å²) in [6.07, 6.45) is 0.901. The van der Waals surface area contributed by atoms with Crippen LogP contribution in [0.1, 0.15) is 22.8 Å². The van der Waals surface area contributed by atoms with Crippen molar-refractivity contribution in [2.45, 2.75) is 13.3 Å². The van der Waals surface area contributed by atoms with E-state index in [0.29, 0.717) is 11.3 Å². The number of esters is 1. The molecule has 0 saturated carbocycles. The molecule has 0 saturated heterocycles. The number of anilines is 1. The van der Waals surface area contributed by atoms with E-state index in [1.807, 2.05) is 73.7 Å². The second-order valence-corrected chi connectivity index (χ2v) is 6.09. The summed E-state index contributed by atoms with van der Waals surface area (Å²) in [5.41, 5.74) is 4.16. The van der Waals surface area contributed by atoms with Gasteiger partial charge in [-0.3, -0.25) is 4.79 Å². The van der Waals surface area contributed by atoms with Crippen molar-refractivity contribution in [2.24, 2.45) is 0 Å². The maximum absolute atomic E-state index is 12.2. The molecule has 136 valence electrons. The Morgan fingerprint density at radius 3 is 2.22 bits per heavy atom. The molecule has 0 bridgehead atoms. The van der Waals surface area contributed by atoms with Crippen LogP contribution in [-0.2, 0) is 16.0 Å². The standard InChI is InChI=1S/C23H21NO3/c1-2-17-12-14-19(15-13-17)23(26)27-16-22(25)24-21-11-7-6-10-20(21)18-8-4-3-5-9-18/h3-15H,2,16H2,1H3,(H,24,25). The minimum absolute atomic E-state index is 0.336. The largest absolute Gasteiger partial charge is 0.452 e. The molecule has 27 heavy (non-hydrogen) atoms. The predicted octanol–water partition coefficient (Wildman–Crippen LogP) is 4.71. The Hall–Kier alpha value is -3.40. The summed E-state index contributed by atoms with van der Waals surface area (Å²) in [6, 6.07) is 24.5. The fourth-order valence-corrected chi connectivity index (χ4v) is 2.74. The number of hydrogen-bond acceptors (Lipinski definition) is 3. The van der Waals surface area contributed by atoms with E-state index in [9.17, 15) is 9.59 Å². The number of rotatable bonds is 6. The number of hydrogen-bond donors (Lipinski definition) is 1. The molecular weight excluding hydrogens is 338 g/mol. The highest BCUT2D eigenvalue weighted by molar-refractivity contribution is 5.98. The summed E-state index contributed by atoms with van der Waals surface area (Å²) >= 11 is 0. The average Bonchev–Trinajstić information content (AvgIpc) is 2.73. The Morgan fingerprint density at radius 1 is 0.852 bits per heavy atom. The van der Waals surface area contributed by atoms with Gasteiger partial charge in [-0.2, -0.15) is 0 Å². The molecule has 4 nitrogen and oxygen atoms in total. The zero-order valence-electron chi connectivity index (χ0n) is 15.1. The maximum Gasteiger partial charge on any atom is 0.338 e. The van der Waals surface area contributed by atoms with Crippen LogP contribution in [0.3, 0.4) is 0 Å². The smallest absolute Gasteiger partial charge is 0.338 e. The number of benzene rings is 3. The van der Waals surface area contributed by atoms with E-state index in [2.05, 4.69) is 5.32 Å². The van der Waals surface area contributed by atoms with Crippen LogP contribution >= 0.6 is 0 Å². The topological polar surface area (TPSA) is 55.4 Å². The van der Waals surface area contributed by atoms with E-state index >= 15 is 0 Å². The van der Waals surface area contributed by atoms with Crippen molar-refractivity contribution in [1.82, 2.24) is 0 Å². The molecule has 0 fully saturated rings. The van der Waals surface area contributed by atoms with Crippen LogP contribution in [0.5, 0.6) is 0 Å². The van der Waals surface area contributed by atoms with Gasteiger partial charge in [0.1, 0.15) is 0 Å². The fourth-order valence-electron chi connectivity index (χ4n) is 2.74. The number of para-hydroxylation sites is 1. The first-order valence-corrected chi connectivity index (χ1v) is 8.87. The van der Waals surface area contributed by atoms with E-state index in [1.165, 1.54) is 0 Å². The second kappa shape index (κ2) is 8.81. The molecule has 1 N–H and O–H groups in total. The zero-order valence-corrected chi connectivity index (χ0v) is 15.1. The maximum atomic E-state index is 12.2. The molecule has 4 heteroatoms. The van der Waals surface area contributed by atoms with Gasteiger partial charge in [0.15, 0.2) is 6.61 Å². The van der Waals surface area contributed by atoms with Crippen molar-refractivity contribution < 1.29 is 14.3 Å². The number of carbonyl (C=O) groups is 2. The summed E-state index contributed by atoms with van der Waals surface area (Å²) in [5, 5.41) is 2.82. The summed E-state index contributed by atoms with van der Waals surface area (Å²) in [4.78, 5) is 24.3. The Bertz CT molecular complexity index is 918. The summed E-state index contributed by atoms with van der Waals surface area (Å²) in [6.45, 7) is 1.71. The molecule has 0 aliphatic heterocycles. The Kier molecular flexibility index (Phi) is 6.00. The zero-order chi connectivity index (χ0) is 19.1. The van der Waals surface area contributed by atoms with Gasteiger partial charge < -0.3 is 10.1 Å². The van der Waals surface area contributed by atoms with Crippen LogP contribution in [0.2, 0.25) is 0 Å².